The van der Waals surface area contributed by atoms with Crippen LogP contribution >= 0.6 is 15.9 Å². The fourth-order valence-electron chi connectivity index (χ4n) is 3.48. The van der Waals surface area contributed by atoms with Crippen molar-refractivity contribution in [1.29, 1.82) is 0 Å². The van der Waals surface area contributed by atoms with Crippen molar-refractivity contribution in [2.75, 3.05) is 24.5 Å². The molecule has 108 valence electrons. The number of fused-ring (bicyclic) bond motifs is 1. The number of hydrogen-bond donors (Lipinski definition) is 0. The number of nitrogens with zero attached hydrogens (tertiary/aromatic N) is 2. The van der Waals surface area contributed by atoms with Gasteiger partial charge in [-0.25, -0.2) is 0 Å². The quantitative estimate of drug-likeness (QED) is 0.774. The molecule has 1 aromatic carbocycles. The van der Waals surface area contributed by atoms with Crippen molar-refractivity contribution in [3.8, 4) is 0 Å². The van der Waals surface area contributed by atoms with E-state index >= 15 is 0 Å². The smallest absolute Gasteiger partial charge is 0.159 e. The molecule has 3 nitrogen and oxygen atoms in total. The van der Waals surface area contributed by atoms with Crippen molar-refractivity contribution in [1.82, 2.24) is 4.90 Å². The number of ketones is 1. The molecule has 0 N–H and O–H groups in total. The summed E-state index contributed by atoms with van der Waals surface area (Å²) >= 11 is 3.64. The van der Waals surface area contributed by atoms with E-state index in [0.29, 0.717) is 12.1 Å². The molecule has 0 amide bonds. The minimum absolute atomic E-state index is 0.117. The molecule has 2 aliphatic heterocycles. The summed E-state index contributed by atoms with van der Waals surface area (Å²) in [5, 5.41) is 0. The van der Waals surface area contributed by atoms with Crippen LogP contribution in [0.25, 0.3) is 0 Å². The molecular weight excluding hydrogens is 316 g/mol. The highest BCUT2D eigenvalue weighted by Crippen LogP contribution is 2.33. The van der Waals surface area contributed by atoms with Gasteiger partial charge >= 0.3 is 0 Å². The van der Waals surface area contributed by atoms with Gasteiger partial charge in [0, 0.05) is 35.2 Å². The first-order chi connectivity index (χ1) is 9.56. The number of anilines is 1. The third kappa shape index (κ3) is 2.51. The van der Waals surface area contributed by atoms with Gasteiger partial charge in [-0.2, -0.15) is 0 Å². The Morgan fingerprint density at radius 3 is 2.85 bits per heavy atom. The molecule has 2 heterocycles. The Bertz CT molecular complexity index is 531. The lowest BCUT2D eigenvalue weighted by molar-refractivity contribution is 0.101. The number of carbonyl (C=O) groups excluding carboxylic acids is 1. The SMILES string of the molecule is CC(=O)c1ccc(N2CC3CCCN3CC2C)c(Br)c1. The standard InChI is InChI=1S/C16H21BrN2O/c1-11-9-18-7-3-4-14(18)10-19(11)16-6-5-13(12(2)20)8-15(16)17/h5-6,8,11,14H,3-4,7,9-10H2,1-2H3. The summed E-state index contributed by atoms with van der Waals surface area (Å²) in [7, 11) is 0. The van der Waals surface area contributed by atoms with E-state index in [2.05, 4.69) is 38.7 Å². The molecule has 0 aliphatic carbocycles. The second kappa shape index (κ2) is 5.49. The van der Waals surface area contributed by atoms with E-state index in [1.807, 2.05) is 12.1 Å². The Morgan fingerprint density at radius 1 is 1.35 bits per heavy atom. The Balaban J connectivity index is 1.86. The lowest BCUT2D eigenvalue weighted by Gasteiger charge is -2.44. The minimum atomic E-state index is 0.117. The second-order valence-corrected chi connectivity index (χ2v) is 6.87. The molecule has 0 bridgehead atoms. The molecule has 3 rings (SSSR count). The van der Waals surface area contributed by atoms with E-state index in [0.717, 1.165) is 23.1 Å². The highest BCUT2D eigenvalue weighted by molar-refractivity contribution is 9.10. The second-order valence-electron chi connectivity index (χ2n) is 6.01. The van der Waals surface area contributed by atoms with E-state index in [9.17, 15) is 4.79 Å². The largest absolute Gasteiger partial charge is 0.365 e. The molecule has 0 spiro atoms. The predicted molar refractivity (Wildman–Crippen MR) is 85.5 cm³/mol. The van der Waals surface area contributed by atoms with E-state index in [4.69, 9.17) is 0 Å². The first-order valence-corrected chi connectivity index (χ1v) is 8.16. The van der Waals surface area contributed by atoms with Gasteiger partial charge in [0.15, 0.2) is 5.78 Å². The van der Waals surface area contributed by atoms with E-state index < -0.39 is 0 Å². The Kier molecular flexibility index (Phi) is 3.87. The molecule has 2 unspecified atom stereocenters. The van der Waals surface area contributed by atoms with Crippen LogP contribution in [0.5, 0.6) is 0 Å². The van der Waals surface area contributed by atoms with Gasteiger partial charge in [0.25, 0.3) is 0 Å². The zero-order valence-electron chi connectivity index (χ0n) is 12.1. The van der Waals surface area contributed by atoms with Gasteiger partial charge in [-0.3, -0.25) is 9.69 Å². The average molecular weight is 337 g/mol. The Labute approximate surface area is 129 Å². The van der Waals surface area contributed by atoms with Crippen LogP contribution in [0, 0.1) is 0 Å². The van der Waals surface area contributed by atoms with Crippen molar-refractivity contribution < 1.29 is 4.79 Å². The summed E-state index contributed by atoms with van der Waals surface area (Å²) in [5.41, 5.74) is 1.99. The Morgan fingerprint density at radius 2 is 2.15 bits per heavy atom. The number of hydrogen-bond acceptors (Lipinski definition) is 3. The first kappa shape index (κ1) is 14.1. The third-order valence-corrected chi connectivity index (χ3v) is 5.24. The highest BCUT2D eigenvalue weighted by atomic mass is 79.9. The van der Waals surface area contributed by atoms with Crippen LogP contribution in [-0.4, -0.2) is 42.4 Å². The van der Waals surface area contributed by atoms with Gasteiger partial charge in [0.1, 0.15) is 0 Å². The third-order valence-electron chi connectivity index (χ3n) is 4.60. The van der Waals surface area contributed by atoms with Crippen molar-refractivity contribution in [2.45, 2.75) is 38.8 Å². The maximum Gasteiger partial charge on any atom is 0.159 e. The fourth-order valence-corrected chi connectivity index (χ4v) is 4.09. The molecule has 2 saturated heterocycles. The fraction of sp³-hybridized carbons (Fsp3) is 0.562. The predicted octanol–water partition coefficient (Wildman–Crippen LogP) is 3.32. The van der Waals surface area contributed by atoms with E-state index in [1.54, 1.807) is 6.92 Å². The summed E-state index contributed by atoms with van der Waals surface area (Å²) in [5.74, 6) is 0.117. The minimum Gasteiger partial charge on any atom is -0.365 e. The number of piperazine rings is 1. The number of Topliss-reactive ketones (excluding diaryl/α,β-unsaturated/α-hetero) is 1. The van der Waals surface area contributed by atoms with Crippen molar-refractivity contribution in [3.63, 3.8) is 0 Å². The lowest BCUT2D eigenvalue weighted by Crippen LogP contribution is -2.55. The molecule has 2 atom stereocenters. The van der Waals surface area contributed by atoms with Gasteiger partial charge in [-0.1, -0.05) is 0 Å². The molecule has 4 heteroatoms. The van der Waals surface area contributed by atoms with Crippen LogP contribution in [0.4, 0.5) is 5.69 Å². The van der Waals surface area contributed by atoms with Crippen molar-refractivity contribution >= 4 is 27.4 Å². The van der Waals surface area contributed by atoms with Gasteiger partial charge in [-0.15, -0.1) is 0 Å². The molecule has 20 heavy (non-hydrogen) atoms. The average Bonchev–Trinajstić information content (AvgIpc) is 2.84. The van der Waals surface area contributed by atoms with Crippen LogP contribution in [-0.2, 0) is 0 Å². The molecule has 1 aromatic rings. The van der Waals surface area contributed by atoms with Gasteiger partial charge in [0.2, 0.25) is 0 Å². The van der Waals surface area contributed by atoms with Crippen LogP contribution in [0.2, 0.25) is 0 Å². The summed E-state index contributed by atoms with van der Waals surface area (Å²) in [6.45, 7) is 7.40. The van der Waals surface area contributed by atoms with Gasteiger partial charge in [-0.05, 0) is 67.4 Å². The summed E-state index contributed by atoms with van der Waals surface area (Å²) in [6.07, 6.45) is 2.64. The van der Waals surface area contributed by atoms with Crippen LogP contribution in [0.1, 0.15) is 37.0 Å². The monoisotopic (exact) mass is 336 g/mol. The van der Waals surface area contributed by atoms with Crippen LogP contribution in [0.3, 0.4) is 0 Å². The number of benzene rings is 1. The molecule has 2 fully saturated rings. The maximum absolute atomic E-state index is 11.5. The maximum atomic E-state index is 11.5. The zero-order chi connectivity index (χ0) is 14.3. The van der Waals surface area contributed by atoms with E-state index in [1.165, 1.54) is 25.1 Å². The molecule has 2 aliphatic rings. The number of rotatable bonds is 2. The molecule has 0 radical (unpaired) electrons. The van der Waals surface area contributed by atoms with Crippen LogP contribution in [0.15, 0.2) is 22.7 Å². The normalized spacial score (nSPS) is 26.6. The van der Waals surface area contributed by atoms with E-state index in [-0.39, 0.29) is 5.78 Å². The van der Waals surface area contributed by atoms with Gasteiger partial charge < -0.3 is 4.90 Å². The summed E-state index contributed by atoms with van der Waals surface area (Å²) in [6, 6.07) is 7.19. The van der Waals surface area contributed by atoms with Gasteiger partial charge in [0.05, 0.1) is 5.69 Å². The van der Waals surface area contributed by atoms with Crippen LogP contribution < -0.4 is 4.90 Å². The molecule has 0 aromatic heterocycles. The summed E-state index contributed by atoms with van der Waals surface area (Å²) < 4.78 is 1.03. The van der Waals surface area contributed by atoms with Crippen molar-refractivity contribution in [3.05, 3.63) is 28.2 Å². The highest BCUT2D eigenvalue weighted by Gasteiger charge is 2.34. The topological polar surface area (TPSA) is 23.6 Å². The lowest BCUT2D eigenvalue weighted by atomic mass is 10.1. The molecule has 0 saturated carbocycles. The number of halogens is 1. The van der Waals surface area contributed by atoms with Crippen molar-refractivity contribution in [2.24, 2.45) is 0 Å². The first-order valence-electron chi connectivity index (χ1n) is 7.37. The Hall–Kier alpha value is -0.870. The summed E-state index contributed by atoms with van der Waals surface area (Å²) in [4.78, 5) is 16.6. The zero-order valence-corrected chi connectivity index (χ0v) is 13.7. The number of carbonyl (C=O) groups is 1. The molecular formula is C16H21BrN2O.